The van der Waals surface area contributed by atoms with Crippen molar-refractivity contribution in [2.75, 3.05) is 0 Å². The first-order valence-electron chi connectivity index (χ1n) is 30.2. The summed E-state index contributed by atoms with van der Waals surface area (Å²) >= 11 is 3.66. The molecule has 0 atom stereocenters. The maximum atomic E-state index is 2.41. The van der Waals surface area contributed by atoms with Crippen LogP contribution in [0.25, 0.3) is 137 Å². The lowest BCUT2D eigenvalue weighted by molar-refractivity contribution is 1.51. The van der Waals surface area contributed by atoms with Crippen LogP contribution in [-0.2, 0) is 0 Å². The minimum absolute atomic E-state index is 1.16. The third-order valence-corrected chi connectivity index (χ3v) is 19.8. The van der Waals surface area contributed by atoms with Crippen LogP contribution < -0.4 is 0 Å². The standard InChI is InChI=1S/C86H54S2/c1-4-21-61(22-5-1)76-77(62-23-6-2-7-24-62)82(74-31-17-51-88-74)86-84(81(76)73-30-16-50-87-73)80(66-45-36-60(37-46-66)72-49-40-57-20-12-15-29-69(57)54-72)83-79(65-43-34-59(35-44-65)71-48-39-56-19-11-14-28-68(56)53-71)75(78(85(83)86)63-25-8-3-9-26-63)64-41-32-58(33-42-64)70-47-38-55-18-10-13-27-67(55)52-70/h1-54H. The number of benzene rings is 13. The Hall–Kier alpha value is -10.7. The van der Waals surface area contributed by atoms with E-state index in [-0.39, 0.29) is 0 Å². The number of fused-ring (bicyclic) bond motifs is 6. The minimum Gasteiger partial charge on any atom is -0.144 e. The fourth-order valence-corrected chi connectivity index (χ4v) is 15.5. The fraction of sp³-hybridized carbons (Fsp3) is 0. The van der Waals surface area contributed by atoms with Gasteiger partial charge in [0.05, 0.1) is 0 Å². The van der Waals surface area contributed by atoms with Gasteiger partial charge in [0.25, 0.3) is 0 Å². The van der Waals surface area contributed by atoms with Crippen LogP contribution >= 0.6 is 22.7 Å². The highest BCUT2D eigenvalue weighted by Gasteiger charge is 2.45. The van der Waals surface area contributed by atoms with Crippen LogP contribution in [0.1, 0.15) is 33.4 Å². The topological polar surface area (TPSA) is 0 Å². The highest BCUT2D eigenvalue weighted by atomic mass is 32.1. The van der Waals surface area contributed by atoms with Crippen molar-refractivity contribution in [3.05, 3.63) is 365 Å². The van der Waals surface area contributed by atoms with Gasteiger partial charge in [-0.3, -0.25) is 0 Å². The lowest BCUT2D eigenvalue weighted by Crippen LogP contribution is -2.03. The second-order valence-corrected chi connectivity index (χ2v) is 24.9. The molecule has 2 heteroatoms. The predicted molar refractivity (Wildman–Crippen MR) is 378 cm³/mol. The molecule has 17 rings (SSSR count). The third-order valence-electron chi connectivity index (χ3n) is 18.0. The van der Waals surface area contributed by atoms with E-state index in [1.54, 1.807) is 0 Å². The minimum atomic E-state index is 1.16. The SMILES string of the molecule is c1ccc(C2=C3C(=C(c4ccc(-c5ccc6ccccc6c5)cc4)c4c3c(-c3cccs3)c(-c3ccccc3)c(-c3ccccc3)c4-c3cccs3)C(c3ccc(-c4ccc5ccccc5c4)cc3)=C2c2ccc(-c3ccc4ccccc4c3)cc2)cc1. The lowest BCUT2D eigenvalue weighted by Gasteiger charge is -2.26. The summed E-state index contributed by atoms with van der Waals surface area (Å²) in [6, 6.07) is 118. The van der Waals surface area contributed by atoms with Crippen LogP contribution in [-0.4, -0.2) is 0 Å². The van der Waals surface area contributed by atoms with Crippen molar-refractivity contribution < 1.29 is 0 Å². The van der Waals surface area contributed by atoms with Gasteiger partial charge in [0.1, 0.15) is 0 Å². The van der Waals surface area contributed by atoms with Crippen molar-refractivity contribution in [3.8, 4) is 76.5 Å². The van der Waals surface area contributed by atoms with Gasteiger partial charge in [0.2, 0.25) is 0 Å². The Balaban J connectivity index is 1.02. The molecule has 0 fully saturated rings. The molecule has 0 spiro atoms. The summed E-state index contributed by atoms with van der Waals surface area (Å²) in [5.41, 5.74) is 29.1. The quantitative estimate of drug-likeness (QED) is 0.121. The molecule has 0 nitrogen and oxygen atoms in total. The van der Waals surface area contributed by atoms with Crippen LogP contribution in [0.15, 0.2) is 332 Å². The highest BCUT2D eigenvalue weighted by Crippen LogP contribution is 2.67. The van der Waals surface area contributed by atoms with Gasteiger partial charge in [-0.15, -0.1) is 22.7 Å². The molecular formula is C86H54S2. The van der Waals surface area contributed by atoms with E-state index in [2.05, 4.69) is 326 Å². The normalized spacial score (nSPS) is 12.9. The molecule has 2 aliphatic rings. The summed E-state index contributed by atoms with van der Waals surface area (Å²) in [4.78, 5) is 2.46. The van der Waals surface area contributed by atoms with Gasteiger partial charge in [-0.05, 0) is 185 Å². The molecule has 410 valence electrons. The van der Waals surface area contributed by atoms with Gasteiger partial charge in [-0.25, -0.2) is 0 Å². The Morgan fingerprint density at radius 2 is 0.432 bits per heavy atom. The largest absolute Gasteiger partial charge is 0.144 e. The zero-order valence-electron chi connectivity index (χ0n) is 48.0. The Morgan fingerprint density at radius 3 is 0.807 bits per heavy atom. The molecule has 0 aliphatic heterocycles. The molecule has 0 N–H and O–H groups in total. The molecule has 0 radical (unpaired) electrons. The number of rotatable bonds is 11. The van der Waals surface area contributed by atoms with Crippen molar-refractivity contribution in [3.63, 3.8) is 0 Å². The Kier molecular flexibility index (Phi) is 12.7. The van der Waals surface area contributed by atoms with E-state index in [4.69, 9.17) is 0 Å². The van der Waals surface area contributed by atoms with Crippen LogP contribution in [0.3, 0.4) is 0 Å². The maximum Gasteiger partial charge on any atom is 0.0355 e. The summed E-state index contributed by atoms with van der Waals surface area (Å²) in [6.45, 7) is 0. The average molecular weight is 1150 g/mol. The van der Waals surface area contributed by atoms with Crippen molar-refractivity contribution >= 4 is 82.9 Å². The zero-order valence-corrected chi connectivity index (χ0v) is 49.6. The highest BCUT2D eigenvalue weighted by molar-refractivity contribution is 7.14. The summed E-state index contributed by atoms with van der Waals surface area (Å²) in [5.74, 6) is 0. The van der Waals surface area contributed by atoms with E-state index < -0.39 is 0 Å². The second kappa shape index (κ2) is 21.6. The van der Waals surface area contributed by atoms with E-state index in [0.29, 0.717) is 0 Å². The molecule has 0 saturated heterocycles. The van der Waals surface area contributed by atoms with Gasteiger partial charge in [-0.1, -0.05) is 285 Å². The summed E-state index contributed by atoms with van der Waals surface area (Å²) in [7, 11) is 0. The third kappa shape index (κ3) is 8.79. The Bertz CT molecular complexity index is 5280. The van der Waals surface area contributed by atoms with Crippen LogP contribution in [0.4, 0.5) is 0 Å². The Labute approximate surface area is 520 Å². The molecule has 15 aromatic rings. The second-order valence-electron chi connectivity index (χ2n) is 23.0. The molecule has 0 amide bonds. The smallest absolute Gasteiger partial charge is 0.0355 e. The molecule has 2 heterocycles. The van der Waals surface area contributed by atoms with Crippen molar-refractivity contribution in [2.45, 2.75) is 0 Å². The van der Waals surface area contributed by atoms with Gasteiger partial charge < -0.3 is 0 Å². The molecule has 0 bridgehead atoms. The first-order valence-corrected chi connectivity index (χ1v) is 31.9. The monoisotopic (exact) mass is 1150 g/mol. The fourth-order valence-electron chi connectivity index (χ4n) is 14.0. The van der Waals surface area contributed by atoms with E-state index in [9.17, 15) is 0 Å². The molecular weight excluding hydrogens is 1100 g/mol. The number of allylic oxidation sites excluding steroid dienone is 5. The van der Waals surface area contributed by atoms with Crippen molar-refractivity contribution in [2.24, 2.45) is 0 Å². The number of hydrogen-bond donors (Lipinski definition) is 0. The molecule has 88 heavy (non-hydrogen) atoms. The summed E-state index contributed by atoms with van der Waals surface area (Å²) in [5, 5.41) is 11.9. The molecule has 2 aromatic heterocycles. The van der Waals surface area contributed by atoms with Crippen LogP contribution in [0, 0.1) is 0 Å². The number of thiophene rings is 2. The van der Waals surface area contributed by atoms with E-state index in [1.807, 2.05) is 22.7 Å². The van der Waals surface area contributed by atoms with E-state index in [0.717, 1.165) is 5.56 Å². The predicted octanol–water partition coefficient (Wildman–Crippen LogP) is 24.3. The van der Waals surface area contributed by atoms with Gasteiger partial charge in [-0.2, -0.15) is 0 Å². The van der Waals surface area contributed by atoms with Crippen molar-refractivity contribution in [1.29, 1.82) is 0 Å². The summed E-state index contributed by atoms with van der Waals surface area (Å²) < 4.78 is 0. The lowest BCUT2D eigenvalue weighted by atomic mass is 9.77. The molecule has 0 saturated carbocycles. The van der Waals surface area contributed by atoms with Gasteiger partial charge in [0.15, 0.2) is 0 Å². The van der Waals surface area contributed by atoms with Crippen LogP contribution in [0.5, 0.6) is 0 Å². The first kappa shape index (κ1) is 51.7. The maximum absolute atomic E-state index is 2.41. The molecule has 0 unspecified atom stereocenters. The summed E-state index contributed by atoms with van der Waals surface area (Å²) in [6.07, 6.45) is 0. The average Bonchev–Trinajstić information content (AvgIpc) is 1.55. The zero-order chi connectivity index (χ0) is 58.1. The van der Waals surface area contributed by atoms with Crippen LogP contribution in [0.2, 0.25) is 0 Å². The van der Waals surface area contributed by atoms with E-state index in [1.165, 1.54) is 170 Å². The molecule has 13 aromatic carbocycles. The van der Waals surface area contributed by atoms with Gasteiger partial charge in [0, 0.05) is 32.0 Å². The molecule has 2 aliphatic carbocycles. The Morgan fingerprint density at radius 1 is 0.148 bits per heavy atom. The first-order chi connectivity index (χ1) is 43.7. The van der Waals surface area contributed by atoms with Gasteiger partial charge >= 0.3 is 0 Å². The van der Waals surface area contributed by atoms with E-state index >= 15 is 0 Å². The van der Waals surface area contributed by atoms with Crippen molar-refractivity contribution in [1.82, 2.24) is 0 Å². The number of hydrogen-bond acceptors (Lipinski definition) is 2.